The van der Waals surface area contributed by atoms with Gasteiger partial charge in [-0.25, -0.2) is 0 Å². The Morgan fingerprint density at radius 3 is 2.65 bits per heavy atom. The van der Waals surface area contributed by atoms with Crippen molar-refractivity contribution in [2.24, 2.45) is 11.3 Å². The summed E-state index contributed by atoms with van der Waals surface area (Å²) >= 11 is 0. The van der Waals surface area contributed by atoms with Crippen molar-refractivity contribution >= 4 is 5.91 Å². The second-order valence-electron chi connectivity index (χ2n) is 6.44. The molecule has 3 heteroatoms. The summed E-state index contributed by atoms with van der Waals surface area (Å²) in [6.07, 6.45) is 9.20. The van der Waals surface area contributed by atoms with Crippen LogP contribution in [-0.2, 0) is 4.79 Å². The van der Waals surface area contributed by atoms with Gasteiger partial charge in [0.05, 0.1) is 5.41 Å². The molecule has 20 heavy (non-hydrogen) atoms. The summed E-state index contributed by atoms with van der Waals surface area (Å²) in [4.78, 5) is 12.7. The van der Waals surface area contributed by atoms with Crippen LogP contribution in [0, 0.1) is 11.3 Å². The number of amides is 1. The average molecular weight is 282 g/mol. The predicted octanol–water partition coefficient (Wildman–Crippen LogP) is 3.49. The molecular weight excluding hydrogens is 248 g/mol. The highest BCUT2D eigenvalue weighted by Crippen LogP contribution is 2.32. The molecule has 1 saturated heterocycles. The Bertz CT molecular complexity index is 267. The second-order valence-corrected chi connectivity index (χ2v) is 6.44. The zero-order chi connectivity index (χ0) is 14.8. The maximum Gasteiger partial charge on any atom is 0.227 e. The van der Waals surface area contributed by atoms with Crippen LogP contribution in [0.5, 0.6) is 0 Å². The minimum absolute atomic E-state index is 0.143. The fourth-order valence-electron chi connectivity index (χ4n) is 3.33. The molecule has 0 saturated carbocycles. The number of piperidine rings is 1. The van der Waals surface area contributed by atoms with E-state index < -0.39 is 0 Å². The summed E-state index contributed by atoms with van der Waals surface area (Å²) in [6.45, 7) is 9.43. The SMILES string of the molecule is CCCCC(CC)CNC(=O)C1(CCC)CCCNC1. The minimum Gasteiger partial charge on any atom is -0.355 e. The van der Waals surface area contributed by atoms with E-state index in [9.17, 15) is 4.79 Å². The standard InChI is InChI=1S/C17H34N2O/c1-4-7-9-15(6-3)13-19-16(20)17(10-5-2)11-8-12-18-14-17/h15,18H,4-14H2,1-3H3,(H,19,20). The van der Waals surface area contributed by atoms with Gasteiger partial charge in [-0.05, 0) is 38.1 Å². The van der Waals surface area contributed by atoms with E-state index in [1.54, 1.807) is 0 Å². The zero-order valence-corrected chi connectivity index (χ0v) is 13.8. The molecular formula is C17H34N2O. The van der Waals surface area contributed by atoms with Crippen LogP contribution in [0.2, 0.25) is 0 Å². The number of rotatable bonds is 9. The van der Waals surface area contributed by atoms with Crippen LogP contribution in [0.25, 0.3) is 0 Å². The summed E-state index contributed by atoms with van der Waals surface area (Å²) in [6, 6.07) is 0. The smallest absolute Gasteiger partial charge is 0.227 e. The number of nitrogens with one attached hydrogen (secondary N) is 2. The highest BCUT2D eigenvalue weighted by Gasteiger charge is 2.38. The summed E-state index contributed by atoms with van der Waals surface area (Å²) < 4.78 is 0. The van der Waals surface area contributed by atoms with Gasteiger partial charge in [0.1, 0.15) is 0 Å². The van der Waals surface area contributed by atoms with E-state index in [1.807, 2.05) is 0 Å². The Morgan fingerprint density at radius 1 is 1.30 bits per heavy atom. The first-order valence-electron chi connectivity index (χ1n) is 8.67. The molecule has 0 aromatic rings. The highest BCUT2D eigenvalue weighted by atomic mass is 16.2. The fourth-order valence-corrected chi connectivity index (χ4v) is 3.33. The Labute approximate surface area is 125 Å². The maximum atomic E-state index is 12.7. The van der Waals surface area contributed by atoms with E-state index >= 15 is 0 Å². The molecule has 1 heterocycles. The number of unbranched alkanes of at least 4 members (excludes halogenated alkanes) is 1. The van der Waals surface area contributed by atoms with Gasteiger partial charge in [0.25, 0.3) is 0 Å². The second kappa shape index (κ2) is 9.38. The summed E-state index contributed by atoms with van der Waals surface area (Å²) in [5.41, 5.74) is -0.143. The molecule has 0 aliphatic carbocycles. The van der Waals surface area contributed by atoms with Gasteiger partial charge in [-0.1, -0.05) is 46.5 Å². The lowest BCUT2D eigenvalue weighted by Gasteiger charge is -2.36. The van der Waals surface area contributed by atoms with Crippen LogP contribution >= 0.6 is 0 Å². The first-order valence-corrected chi connectivity index (χ1v) is 8.67. The molecule has 0 spiro atoms. The predicted molar refractivity (Wildman–Crippen MR) is 85.8 cm³/mol. The van der Waals surface area contributed by atoms with E-state index in [0.29, 0.717) is 11.8 Å². The lowest BCUT2D eigenvalue weighted by Crippen LogP contribution is -2.51. The van der Waals surface area contributed by atoms with Crippen molar-refractivity contribution in [2.45, 2.75) is 72.1 Å². The van der Waals surface area contributed by atoms with E-state index in [0.717, 1.165) is 45.3 Å². The van der Waals surface area contributed by atoms with E-state index in [2.05, 4.69) is 31.4 Å². The average Bonchev–Trinajstić information content (AvgIpc) is 2.48. The van der Waals surface area contributed by atoms with Gasteiger partial charge in [-0.3, -0.25) is 4.79 Å². The van der Waals surface area contributed by atoms with Gasteiger partial charge in [-0.2, -0.15) is 0 Å². The third-order valence-electron chi connectivity index (χ3n) is 4.78. The largest absolute Gasteiger partial charge is 0.355 e. The molecule has 1 fully saturated rings. The molecule has 1 amide bonds. The van der Waals surface area contributed by atoms with E-state index in [1.165, 1.54) is 25.7 Å². The maximum absolute atomic E-state index is 12.7. The third-order valence-corrected chi connectivity index (χ3v) is 4.78. The number of carbonyl (C=O) groups is 1. The Balaban J connectivity index is 2.48. The van der Waals surface area contributed by atoms with E-state index in [4.69, 9.17) is 0 Å². The van der Waals surface area contributed by atoms with Crippen molar-refractivity contribution in [3.8, 4) is 0 Å². The lowest BCUT2D eigenvalue weighted by atomic mass is 9.76. The molecule has 0 radical (unpaired) electrons. The first-order chi connectivity index (χ1) is 9.68. The normalized spacial score (nSPS) is 24.4. The molecule has 2 N–H and O–H groups in total. The number of hydrogen-bond acceptors (Lipinski definition) is 2. The highest BCUT2D eigenvalue weighted by molar-refractivity contribution is 5.83. The summed E-state index contributed by atoms with van der Waals surface area (Å²) in [5.74, 6) is 0.940. The topological polar surface area (TPSA) is 41.1 Å². The van der Waals surface area contributed by atoms with Crippen molar-refractivity contribution in [1.29, 1.82) is 0 Å². The van der Waals surface area contributed by atoms with Gasteiger partial charge in [0, 0.05) is 13.1 Å². The molecule has 118 valence electrons. The van der Waals surface area contributed by atoms with Crippen LogP contribution in [-0.4, -0.2) is 25.5 Å². The molecule has 1 aliphatic rings. The van der Waals surface area contributed by atoms with Gasteiger partial charge in [-0.15, -0.1) is 0 Å². The summed E-state index contributed by atoms with van der Waals surface area (Å²) in [5, 5.41) is 6.68. The van der Waals surface area contributed by atoms with Gasteiger partial charge < -0.3 is 10.6 Å². The van der Waals surface area contributed by atoms with Crippen LogP contribution < -0.4 is 10.6 Å². The lowest BCUT2D eigenvalue weighted by molar-refractivity contribution is -0.132. The quantitative estimate of drug-likeness (QED) is 0.679. The van der Waals surface area contributed by atoms with Crippen LogP contribution in [0.15, 0.2) is 0 Å². The van der Waals surface area contributed by atoms with Crippen LogP contribution in [0.3, 0.4) is 0 Å². The van der Waals surface area contributed by atoms with Crippen molar-refractivity contribution in [3.05, 3.63) is 0 Å². The van der Waals surface area contributed by atoms with E-state index in [-0.39, 0.29) is 5.41 Å². The Kier molecular flexibility index (Phi) is 8.20. The van der Waals surface area contributed by atoms with Crippen molar-refractivity contribution in [2.75, 3.05) is 19.6 Å². The molecule has 2 atom stereocenters. The van der Waals surface area contributed by atoms with Gasteiger partial charge in [0.2, 0.25) is 5.91 Å². The van der Waals surface area contributed by atoms with Gasteiger partial charge >= 0.3 is 0 Å². The van der Waals surface area contributed by atoms with Gasteiger partial charge in [0.15, 0.2) is 0 Å². The molecule has 0 bridgehead atoms. The number of hydrogen-bond donors (Lipinski definition) is 2. The molecule has 0 aromatic heterocycles. The first kappa shape index (κ1) is 17.5. The molecule has 0 aromatic carbocycles. The molecule has 1 aliphatic heterocycles. The third kappa shape index (κ3) is 5.08. The van der Waals surface area contributed by atoms with Crippen LogP contribution in [0.4, 0.5) is 0 Å². The molecule has 1 rings (SSSR count). The minimum atomic E-state index is -0.143. The monoisotopic (exact) mass is 282 g/mol. The molecule has 2 unspecified atom stereocenters. The van der Waals surface area contributed by atoms with Crippen molar-refractivity contribution < 1.29 is 4.79 Å². The Morgan fingerprint density at radius 2 is 2.10 bits per heavy atom. The Hall–Kier alpha value is -0.570. The van der Waals surface area contributed by atoms with Crippen LogP contribution in [0.1, 0.15) is 72.1 Å². The zero-order valence-electron chi connectivity index (χ0n) is 13.8. The van der Waals surface area contributed by atoms with Crippen molar-refractivity contribution in [3.63, 3.8) is 0 Å². The summed E-state index contributed by atoms with van der Waals surface area (Å²) in [7, 11) is 0. The molecule has 3 nitrogen and oxygen atoms in total. The van der Waals surface area contributed by atoms with Crippen molar-refractivity contribution in [1.82, 2.24) is 10.6 Å². The fraction of sp³-hybridized carbons (Fsp3) is 0.941. The number of carbonyl (C=O) groups excluding carboxylic acids is 1.